The lowest BCUT2D eigenvalue weighted by atomic mass is 10.1. The molecule has 2 heterocycles. The van der Waals surface area contributed by atoms with Gasteiger partial charge in [0.25, 0.3) is 0 Å². The van der Waals surface area contributed by atoms with Gasteiger partial charge in [-0.3, -0.25) is 4.79 Å². The summed E-state index contributed by atoms with van der Waals surface area (Å²) < 4.78 is 3.69. The van der Waals surface area contributed by atoms with E-state index in [1.165, 1.54) is 0 Å². The molecular weight excluding hydrogens is 326 g/mol. The van der Waals surface area contributed by atoms with Crippen molar-refractivity contribution in [3.63, 3.8) is 0 Å². The second-order valence-corrected chi connectivity index (χ2v) is 6.11. The van der Waals surface area contributed by atoms with Crippen molar-refractivity contribution in [3.05, 3.63) is 78.9 Å². The molecule has 2 aromatic heterocycles. The van der Waals surface area contributed by atoms with Crippen molar-refractivity contribution in [2.75, 3.05) is 0 Å². The van der Waals surface area contributed by atoms with Gasteiger partial charge in [-0.25, -0.2) is 9.67 Å². The van der Waals surface area contributed by atoms with E-state index in [1.54, 1.807) is 17.2 Å². The summed E-state index contributed by atoms with van der Waals surface area (Å²) >= 11 is 0. The van der Waals surface area contributed by atoms with Crippen LogP contribution >= 0.6 is 0 Å². The van der Waals surface area contributed by atoms with Crippen LogP contribution in [0.25, 0.3) is 16.7 Å². The minimum absolute atomic E-state index is 0.0524. The Labute approximate surface area is 151 Å². The Balaban J connectivity index is 1.51. The van der Waals surface area contributed by atoms with Crippen LogP contribution in [0.2, 0.25) is 0 Å². The van der Waals surface area contributed by atoms with Gasteiger partial charge in [-0.2, -0.15) is 5.10 Å². The van der Waals surface area contributed by atoms with E-state index in [1.807, 2.05) is 72.3 Å². The number of imidazole rings is 1. The average Bonchev–Trinajstić information content (AvgIpc) is 3.35. The van der Waals surface area contributed by atoms with Crippen molar-refractivity contribution < 1.29 is 4.79 Å². The molecule has 0 bridgehead atoms. The second-order valence-electron chi connectivity index (χ2n) is 6.11. The normalized spacial score (nSPS) is 12.2. The van der Waals surface area contributed by atoms with Crippen molar-refractivity contribution in [1.82, 2.24) is 24.6 Å². The Morgan fingerprint density at radius 1 is 1.12 bits per heavy atom. The predicted octanol–water partition coefficient (Wildman–Crippen LogP) is 3.10. The highest BCUT2D eigenvalue weighted by molar-refractivity contribution is 5.83. The van der Waals surface area contributed by atoms with Gasteiger partial charge in [0.15, 0.2) is 0 Å². The lowest BCUT2D eigenvalue weighted by molar-refractivity contribution is -0.123. The van der Waals surface area contributed by atoms with Crippen LogP contribution in [0.5, 0.6) is 0 Å². The molecule has 4 rings (SSSR count). The van der Waals surface area contributed by atoms with Crippen molar-refractivity contribution in [3.8, 4) is 5.69 Å². The lowest BCUT2D eigenvalue weighted by Crippen LogP contribution is -2.30. The second kappa shape index (κ2) is 6.84. The highest BCUT2D eigenvalue weighted by Gasteiger charge is 2.17. The van der Waals surface area contributed by atoms with Gasteiger partial charge in [0.05, 0.1) is 23.0 Å². The monoisotopic (exact) mass is 345 g/mol. The van der Waals surface area contributed by atoms with Gasteiger partial charge < -0.3 is 9.88 Å². The minimum Gasteiger partial charge on any atom is -0.350 e. The van der Waals surface area contributed by atoms with E-state index in [9.17, 15) is 4.79 Å². The third-order valence-electron chi connectivity index (χ3n) is 4.47. The Bertz CT molecular complexity index is 1040. The first kappa shape index (κ1) is 16.1. The summed E-state index contributed by atoms with van der Waals surface area (Å²) in [6.45, 7) is 2.31. The molecule has 1 atom stereocenters. The van der Waals surface area contributed by atoms with Crippen LogP contribution in [0, 0.1) is 0 Å². The molecule has 1 N–H and O–H groups in total. The van der Waals surface area contributed by atoms with Gasteiger partial charge in [-0.15, -0.1) is 0 Å². The molecule has 0 spiro atoms. The number of para-hydroxylation sites is 3. The number of carbonyl (C=O) groups excluding carboxylic acids is 1. The fourth-order valence-corrected chi connectivity index (χ4v) is 3.04. The molecule has 0 aliphatic carbocycles. The Hall–Kier alpha value is -3.41. The van der Waals surface area contributed by atoms with E-state index in [4.69, 9.17) is 0 Å². The van der Waals surface area contributed by atoms with Gasteiger partial charge in [0.1, 0.15) is 6.04 Å². The number of hydrogen-bond donors (Lipinski definition) is 1. The maximum atomic E-state index is 12.7. The van der Waals surface area contributed by atoms with Crippen molar-refractivity contribution in [2.24, 2.45) is 0 Å². The zero-order valence-electron chi connectivity index (χ0n) is 14.4. The summed E-state index contributed by atoms with van der Waals surface area (Å²) in [6.07, 6.45) is 5.34. The molecule has 0 aliphatic rings. The molecule has 0 fully saturated rings. The van der Waals surface area contributed by atoms with E-state index in [-0.39, 0.29) is 11.9 Å². The molecule has 0 saturated heterocycles. The molecule has 130 valence electrons. The van der Waals surface area contributed by atoms with Crippen molar-refractivity contribution in [1.29, 1.82) is 0 Å². The molecule has 1 unspecified atom stereocenters. The largest absolute Gasteiger partial charge is 0.350 e. The van der Waals surface area contributed by atoms with Crippen LogP contribution < -0.4 is 5.32 Å². The maximum Gasteiger partial charge on any atom is 0.243 e. The van der Waals surface area contributed by atoms with E-state index in [0.717, 1.165) is 22.3 Å². The number of hydrogen-bond acceptors (Lipinski definition) is 3. The summed E-state index contributed by atoms with van der Waals surface area (Å²) in [5, 5.41) is 7.30. The zero-order valence-corrected chi connectivity index (χ0v) is 14.4. The Morgan fingerprint density at radius 3 is 2.77 bits per heavy atom. The average molecular weight is 345 g/mol. The van der Waals surface area contributed by atoms with Crippen LogP contribution in [0.15, 0.2) is 73.3 Å². The van der Waals surface area contributed by atoms with Crippen LogP contribution in [-0.2, 0) is 11.3 Å². The number of aromatic nitrogens is 4. The molecule has 6 nitrogen and oxygen atoms in total. The zero-order chi connectivity index (χ0) is 17.9. The quantitative estimate of drug-likeness (QED) is 0.604. The van der Waals surface area contributed by atoms with Gasteiger partial charge in [0, 0.05) is 18.9 Å². The molecule has 0 aliphatic heterocycles. The smallest absolute Gasteiger partial charge is 0.243 e. The fourth-order valence-electron chi connectivity index (χ4n) is 3.04. The number of benzene rings is 2. The molecule has 4 aromatic rings. The van der Waals surface area contributed by atoms with Gasteiger partial charge in [-0.1, -0.05) is 30.3 Å². The third kappa shape index (κ3) is 2.97. The molecular formula is C20H19N5O. The van der Waals surface area contributed by atoms with Crippen molar-refractivity contribution >= 4 is 16.9 Å². The number of nitrogens with one attached hydrogen (secondary N) is 1. The number of fused-ring (bicyclic) bond motifs is 1. The van der Waals surface area contributed by atoms with Gasteiger partial charge >= 0.3 is 0 Å². The first-order valence-electron chi connectivity index (χ1n) is 8.51. The van der Waals surface area contributed by atoms with E-state index in [0.29, 0.717) is 6.54 Å². The van der Waals surface area contributed by atoms with Crippen LogP contribution in [0.1, 0.15) is 18.5 Å². The molecule has 26 heavy (non-hydrogen) atoms. The lowest BCUT2D eigenvalue weighted by Gasteiger charge is -2.16. The fraction of sp³-hybridized carbons (Fsp3) is 0.150. The van der Waals surface area contributed by atoms with E-state index in [2.05, 4.69) is 15.4 Å². The highest BCUT2D eigenvalue weighted by Crippen LogP contribution is 2.18. The van der Waals surface area contributed by atoms with Gasteiger partial charge in [-0.05, 0) is 36.8 Å². The highest BCUT2D eigenvalue weighted by atomic mass is 16.2. The first-order valence-corrected chi connectivity index (χ1v) is 8.51. The minimum atomic E-state index is -0.348. The molecule has 1 amide bonds. The summed E-state index contributed by atoms with van der Waals surface area (Å²) in [7, 11) is 0. The molecule has 0 saturated carbocycles. The summed E-state index contributed by atoms with van der Waals surface area (Å²) in [5.41, 5.74) is 3.80. The summed E-state index contributed by atoms with van der Waals surface area (Å²) in [5.74, 6) is -0.0524. The predicted molar refractivity (Wildman–Crippen MR) is 99.9 cm³/mol. The van der Waals surface area contributed by atoms with E-state index >= 15 is 0 Å². The topological polar surface area (TPSA) is 64.7 Å². The number of carbonyl (C=O) groups is 1. The standard InChI is InChI=1S/C20H19N5O/c1-15(24-14-22-17-8-3-5-10-19(17)24)20(26)21-13-16-7-2-4-9-18(16)25-12-6-11-23-25/h2-12,14-15H,13H2,1H3,(H,21,26). The molecule has 6 heteroatoms. The molecule has 0 radical (unpaired) electrons. The van der Waals surface area contributed by atoms with Crippen LogP contribution in [-0.4, -0.2) is 25.2 Å². The Kier molecular flexibility index (Phi) is 4.23. The number of nitrogens with zero attached hydrogens (tertiary/aromatic N) is 4. The first-order chi connectivity index (χ1) is 12.7. The maximum absolute atomic E-state index is 12.7. The van der Waals surface area contributed by atoms with Gasteiger partial charge in [0.2, 0.25) is 5.91 Å². The third-order valence-corrected chi connectivity index (χ3v) is 4.47. The van der Waals surface area contributed by atoms with Crippen LogP contribution in [0.3, 0.4) is 0 Å². The van der Waals surface area contributed by atoms with Crippen LogP contribution in [0.4, 0.5) is 0 Å². The van der Waals surface area contributed by atoms with E-state index < -0.39 is 0 Å². The number of amides is 1. The number of rotatable bonds is 5. The van der Waals surface area contributed by atoms with Crippen molar-refractivity contribution in [2.45, 2.75) is 19.5 Å². The summed E-state index contributed by atoms with van der Waals surface area (Å²) in [6, 6.07) is 17.2. The molecule has 2 aromatic carbocycles. The summed E-state index contributed by atoms with van der Waals surface area (Å²) in [4.78, 5) is 17.0. The Morgan fingerprint density at radius 2 is 1.92 bits per heavy atom. The SMILES string of the molecule is CC(C(=O)NCc1ccccc1-n1cccn1)n1cnc2ccccc21.